The van der Waals surface area contributed by atoms with Crippen molar-refractivity contribution in [1.82, 2.24) is 5.32 Å². The Kier molecular flexibility index (Phi) is 2.61. The van der Waals surface area contributed by atoms with Crippen molar-refractivity contribution in [2.24, 2.45) is 17.8 Å². The van der Waals surface area contributed by atoms with Crippen LogP contribution in [-0.2, 0) is 0 Å². The first-order chi connectivity index (χ1) is 6.52. The van der Waals surface area contributed by atoms with Gasteiger partial charge in [-0.15, -0.1) is 0 Å². The van der Waals surface area contributed by atoms with Gasteiger partial charge >= 0.3 is 0 Å². The van der Waals surface area contributed by atoms with E-state index in [9.17, 15) is 5.11 Å². The Hall–Kier alpha value is -0.0800. The molecule has 3 saturated carbocycles. The maximum atomic E-state index is 10.2. The highest BCUT2D eigenvalue weighted by atomic mass is 16.3. The van der Waals surface area contributed by atoms with Crippen LogP contribution in [-0.4, -0.2) is 23.8 Å². The molecule has 0 radical (unpaired) electrons. The second-order valence-electron chi connectivity index (χ2n) is 5.79. The predicted octanol–water partition coefficient (Wildman–Crippen LogP) is 1.78. The van der Waals surface area contributed by atoms with Crippen LogP contribution >= 0.6 is 0 Å². The molecule has 2 heteroatoms. The van der Waals surface area contributed by atoms with E-state index in [1.54, 1.807) is 0 Å². The lowest BCUT2D eigenvalue weighted by Gasteiger charge is -2.49. The zero-order valence-corrected chi connectivity index (χ0v) is 9.59. The molecule has 0 amide bonds. The monoisotopic (exact) mass is 197 g/mol. The van der Waals surface area contributed by atoms with Crippen LogP contribution in [0.1, 0.15) is 39.5 Å². The molecule has 0 saturated heterocycles. The first-order valence-electron chi connectivity index (χ1n) is 5.91. The summed E-state index contributed by atoms with van der Waals surface area (Å²) >= 11 is 0. The van der Waals surface area contributed by atoms with Crippen molar-refractivity contribution in [3.63, 3.8) is 0 Å². The fraction of sp³-hybridized carbons (Fsp3) is 1.00. The summed E-state index contributed by atoms with van der Waals surface area (Å²) in [5, 5.41) is 13.7. The molecule has 3 aliphatic rings. The Morgan fingerprint density at radius 1 is 1.29 bits per heavy atom. The molecule has 0 aromatic heterocycles. The van der Waals surface area contributed by atoms with E-state index >= 15 is 0 Å². The van der Waals surface area contributed by atoms with E-state index in [1.165, 1.54) is 12.8 Å². The van der Waals surface area contributed by atoms with Crippen LogP contribution in [0.25, 0.3) is 0 Å². The molecule has 14 heavy (non-hydrogen) atoms. The van der Waals surface area contributed by atoms with Crippen molar-refractivity contribution in [1.29, 1.82) is 0 Å². The lowest BCUT2D eigenvalue weighted by Crippen LogP contribution is -2.51. The molecule has 0 aromatic carbocycles. The first-order valence-corrected chi connectivity index (χ1v) is 5.91. The molecule has 3 aliphatic carbocycles. The van der Waals surface area contributed by atoms with E-state index in [4.69, 9.17) is 0 Å². The molecule has 2 bridgehead atoms. The molecule has 2 N–H and O–H groups in total. The molecule has 0 spiro atoms. The van der Waals surface area contributed by atoms with E-state index in [1.807, 2.05) is 6.92 Å². The van der Waals surface area contributed by atoms with Crippen molar-refractivity contribution in [2.75, 3.05) is 7.05 Å². The normalized spacial score (nSPS) is 53.1. The van der Waals surface area contributed by atoms with Crippen molar-refractivity contribution in [3.05, 3.63) is 0 Å². The van der Waals surface area contributed by atoms with Gasteiger partial charge in [-0.2, -0.15) is 0 Å². The number of rotatable bonds is 1. The van der Waals surface area contributed by atoms with Gasteiger partial charge in [0, 0.05) is 6.04 Å². The number of hydrogen-bond acceptors (Lipinski definition) is 2. The second-order valence-corrected chi connectivity index (χ2v) is 5.79. The van der Waals surface area contributed by atoms with Crippen molar-refractivity contribution >= 4 is 0 Å². The molecule has 0 heterocycles. The van der Waals surface area contributed by atoms with Crippen LogP contribution < -0.4 is 5.32 Å². The molecule has 82 valence electrons. The molecule has 2 nitrogen and oxygen atoms in total. The zero-order chi connectivity index (χ0) is 10.3. The number of aliphatic hydroxyl groups is 1. The van der Waals surface area contributed by atoms with Gasteiger partial charge in [0.05, 0.1) is 5.60 Å². The maximum Gasteiger partial charge on any atom is 0.0625 e. The Morgan fingerprint density at radius 3 is 2.50 bits per heavy atom. The van der Waals surface area contributed by atoms with Gasteiger partial charge in [0.2, 0.25) is 0 Å². The Balaban J connectivity index is 2.09. The topological polar surface area (TPSA) is 32.3 Å². The number of hydrogen-bond donors (Lipinski definition) is 2. The highest BCUT2D eigenvalue weighted by molar-refractivity contribution is 4.97. The van der Waals surface area contributed by atoms with Crippen LogP contribution in [0, 0.1) is 17.8 Å². The minimum absolute atomic E-state index is 0.426. The molecular formula is C12H23NO. The lowest BCUT2D eigenvalue weighted by molar-refractivity contribution is -0.0486. The summed E-state index contributed by atoms with van der Waals surface area (Å²) in [7, 11) is 2.06. The maximum absolute atomic E-state index is 10.2. The third-order valence-corrected chi connectivity index (χ3v) is 4.22. The summed E-state index contributed by atoms with van der Waals surface area (Å²) < 4.78 is 0. The van der Waals surface area contributed by atoms with Crippen molar-refractivity contribution in [2.45, 2.75) is 51.2 Å². The summed E-state index contributed by atoms with van der Waals surface area (Å²) in [6.45, 7) is 4.28. The van der Waals surface area contributed by atoms with Gasteiger partial charge in [-0.05, 0) is 57.4 Å². The number of nitrogens with one attached hydrogen (secondary N) is 1. The van der Waals surface area contributed by atoms with Gasteiger partial charge in [0.15, 0.2) is 0 Å². The third-order valence-electron chi connectivity index (χ3n) is 4.22. The van der Waals surface area contributed by atoms with Crippen LogP contribution in [0.4, 0.5) is 0 Å². The molecule has 3 fully saturated rings. The Bertz CT molecular complexity index is 208. The summed E-state index contributed by atoms with van der Waals surface area (Å²) in [5.41, 5.74) is -0.426. The SMILES string of the molecule is CNC1C(C)CC(C)(O)CC2CC1C2. The van der Waals surface area contributed by atoms with Gasteiger partial charge in [-0.1, -0.05) is 6.92 Å². The summed E-state index contributed by atoms with van der Waals surface area (Å²) in [6, 6.07) is 0.623. The molecule has 3 atom stereocenters. The van der Waals surface area contributed by atoms with Gasteiger partial charge in [-0.25, -0.2) is 0 Å². The van der Waals surface area contributed by atoms with E-state index in [-0.39, 0.29) is 0 Å². The second kappa shape index (κ2) is 3.49. The summed E-state index contributed by atoms with van der Waals surface area (Å²) in [5.74, 6) is 2.26. The highest BCUT2D eigenvalue weighted by Crippen LogP contribution is 2.46. The van der Waals surface area contributed by atoms with Crippen LogP contribution in [0.5, 0.6) is 0 Å². The smallest absolute Gasteiger partial charge is 0.0625 e. The highest BCUT2D eigenvalue weighted by Gasteiger charge is 2.44. The standard InChI is InChI=1S/C12H23NO/c1-8-6-12(2,14)7-9-4-10(5-9)11(8)13-3/h8-11,13-14H,4-7H2,1-3H3. The van der Waals surface area contributed by atoms with Crippen LogP contribution in [0.15, 0.2) is 0 Å². The van der Waals surface area contributed by atoms with E-state index in [2.05, 4.69) is 19.3 Å². The van der Waals surface area contributed by atoms with Crippen molar-refractivity contribution in [3.8, 4) is 0 Å². The third kappa shape index (κ3) is 1.82. The quantitative estimate of drug-likeness (QED) is 0.671. The minimum atomic E-state index is -0.426. The van der Waals surface area contributed by atoms with E-state index in [0.717, 1.165) is 24.7 Å². The number of fused-ring (bicyclic) bond motifs is 4. The molecule has 3 rings (SSSR count). The first kappa shape index (κ1) is 10.4. The Labute approximate surface area is 87.1 Å². The van der Waals surface area contributed by atoms with Gasteiger partial charge in [0.1, 0.15) is 0 Å². The average molecular weight is 197 g/mol. The van der Waals surface area contributed by atoms with Gasteiger partial charge in [0.25, 0.3) is 0 Å². The molecule has 3 unspecified atom stereocenters. The summed E-state index contributed by atoms with van der Waals surface area (Å²) in [4.78, 5) is 0. The van der Waals surface area contributed by atoms with E-state index in [0.29, 0.717) is 12.0 Å². The molecule has 0 aromatic rings. The lowest BCUT2D eigenvalue weighted by atomic mass is 9.61. The predicted molar refractivity (Wildman–Crippen MR) is 58.1 cm³/mol. The molecule has 0 aliphatic heterocycles. The zero-order valence-electron chi connectivity index (χ0n) is 9.59. The largest absolute Gasteiger partial charge is 0.390 e. The Morgan fingerprint density at radius 2 is 1.93 bits per heavy atom. The fourth-order valence-electron chi connectivity index (χ4n) is 3.76. The van der Waals surface area contributed by atoms with E-state index < -0.39 is 5.60 Å². The fourth-order valence-corrected chi connectivity index (χ4v) is 3.76. The average Bonchev–Trinajstić information content (AvgIpc) is 1.97. The molecular weight excluding hydrogens is 174 g/mol. The van der Waals surface area contributed by atoms with Crippen LogP contribution in [0.2, 0.25) is 0 Å². The van der Waals surface area contributed by atoms with Gasteiger partial charge in [-0.3, -0.25) is 0 Å². The van der Waals surface area contributed by atoms with Crippen molar-refractivity contribution < 1.29 is 5.11 Å². The van der Waals surface area contributed by atoms with Gasteiger partial charge < -0.3 is 10.4 Å². The summed E-state index contributed by atoms with van der Waals surface area (Å²) in [6.07, 6.45) is 4.62. The van der Waals surface area contributed by atoms with Crippen LogP contribution in [0.3, 0.4) is 0 Å². The minimum Gasteiger partial charge on any atom is -0.390 e.